The molecule has 0 radical (unpaired) electrons. The SMILES string of the molecule is CC(=O)NC(C=O)c1ccc([N+](=O)[O-])cc1. The largest absolute Gasteiger partial charge is 0.343 e. The van der Waals surface area contributed by atoms with Crippen molar-refractivity contribution in [3.8, 4) is 0 Å². The van der Waals surface area contributed by atoms with Crippen LogP contribution in [0.2, 0.25) is 0 Å². The van der Waals surface area contributed by atoms with Crippen LogP contribution in [0.1, 0.15) is 18.5 Å². The molecule has 0 saturated heterocycles. The van der Waals surface area contributed by atoms with Crippen LogP contribution < -0.4 is 5.32 Å². The minimum atomic E-state index is -0.765. The Labute approximate surface area is 91.4 Å². The predicted molar refractivity (Wildman–Crippen MR) is 55.7 cm³/mol. The first-order valence-corrected chi connectivity index (χ1v) is 4.51. The molecule has 0 fully saturated rings. The minimum Gasteiger partial charge on any atom is -0.343 e. The summed E-state index contributed by atoms with van der Waals surface area (Å²) < 4.78 is 0. The summed E-state index contributed by atoms with van der Waals surface area (Å²) >= 11 is 0. The Kier molecular flexibility index (Phi) is 3.71. The van der Waals surface area contributed by atoms with E-state index in [1.54, 1.807) is 0 Å². The molecule has 0 aliphatic carbocycles. The van der Waals surface area contributed by atoms with Gasteiger partial charge in [-0.2, -0.15) is 0 Å². The lowest BCUT2D eigenvalue weighted by atomic mass is 10.1. The van der Waals surface area contributed by atoms with Crippen LogP contribution in [0.4, 0.5) is 5.69 Å². The van der Waals surface area contributed by atoms with Crippen LogP contribution in [0, 0.1) is 10.1 Å². The number of carbonyl (C=O) groups excluding carboxylic acids is 2. The van der Waals surface area contributed by atoms with Crippen molar-refractivity contribution in [1.29, 1.82) is 0 Å². The van der Waals surface area contributed by atoms with E-state index in [1.165, 1.54) is 31.2 Å². The second-order valence-corrected chi connectivity index (χ2v) is 3.16. The van der Waals surface area contributed by atoms with E-state index in [-0.39, 0.29) is 11.6 Å². The Morgan fingerprint density at radius 1 is 1.44 bits per heavy atom. The maximum absolute atomic E-state index is 10.8. The molecule has 1 aromatic carbocycles. The summed E-state index contributed by atoms with van der Waals surface area (Å²) in [5, 5.41) is 12.8. The number of carbonyl (C=O) groups is 2. The first kappa shape index (κ1) is 11.8. The summed E-state index contributed by atoms with van der Waals surface area (Å²) in [5.74, 6) is -0.338. The second kappa shape index (κ2) is 5.01. The maximum Gasteiger partial charge on any atom is 0.269 e. The zero-order valence-electron chi connectivity index (χ0n) is 8.54. The number of rotatable bonds is 4. The van der Waals surface area contributed by atoms with Crippen molar-refractivity contribution >= 4 is 17.9 Å². The third-order valence-electron chi connectivity index (χ3n) is 1.96. The summed E-state index contributed by atoms with van der Waals surface area (Å²) in [5.41, 5.74) is 0.451. The first-order chi connectivity index (χ1) is 7.54. The number of benzene rings is 1. The standard InChI is InChI=1S/C10H10N2O4/c1-7(14)11-10(6-13)8-2-4-9(5-3-8)12(15)16/h2-6,10H,1H3,(H,11,14). The molecule has 6 heteroatoms. The fraction of sp³-hybridized carbons (Fsp3) is 0.200. The molecule has 1 rings (SSSR count). The van der Waals surface area contributed by atoms with Crippen molar-refractivity contribution < 1.29 is 14.5 Å². The van der Waals surface area contributed by atoms with Gasteiger partial charge >= 0.3 is 0 Å². The number of nitro groups is 1. The summed E-state index contributed by atoms with van der Waals surface area (Å²) in [4.78, 5) is 31.4. The lowest BCUT2D eigenvalue weighted by Crippen LogP contribution is -2.26. The van der Waals surface area contributed by atoms with Crippen LogP contribution in [0.25, 0.3) is 0 Å². The van der Waals surface area contributed by atoms with Crippen LogP contribution in [0.15, 0.2) is 24.3 Å². The highest BCUT2D eigenvalue weighted by atomic mass is 16.6. The summed E-state index contributed by atoms with van der Waals surface area (Å²) in [6, 6.07) is 4.68. The van der Waals surface area contributed by atoms with Crippen LogP contribution in [0.3, 0.4) is 0 Å². The lowest BCUT2D eigenvalue weighted by Gasteiger charge is -2.10. The monoisotopic (exact) mass is 222 g/mol. The average molecular weight is 222 g/mol. The molecule has 84 valence electrons. The Morgan fingerprint density at radius 2 is 2.00 bits per heavy atom. The van der Waals surface area contributed by atoms with Crippen LogP contribution >= 0.6 is 0 Å². The van der Waals surface area contributed by atoms with E-state index >= 15 is 0 Å². The minimum absolute atomic E-state index is 0.0591. The molecule has 1 unspecified atom stereocenters. The van der Waals surface area contributed by atoms with Crippen molar-refractivity contribution in [3.63, 3.8) is 0 Å². The summed E-state index contributed by atoms with van der Waals surface area (Å²) in [6.45, 7) is 1.29. The van der Waals surface area contributed by atoms with Crippen molar-refractivity contribution in [2.45, 2.75) is 13.0 Å². The zero-order valence-corrected chi connectivity index (χ0v) is 8.54. The number of aldehydes is 1. The quantitative estimate of drug-likeness (QED) is 0.467. The Morgan fingerprint density at radius 3 is 2.38 bits per heavy atom. The molecule has 16 heavy (non-hydrogen) atoms. The Bertz CT molecular complexity index is 413. The van der Waals surface area contributed by atoms with Crippen LogP contribution in [-0.2, 0) is 9.59 Å². The number of amides is 1. The van der Waals surface area contributed by atoms with Gasteiger partial charge in [0, 0.05) is 19.1 Å². The molecule has 1 aromatic rings. The Hall–Kier alpha value is -2.24. The second-order valence-electron chi connectivity index (χ2n) is 3.16. The molecule has 0 saturated carbocycles. The van der Waals surface area contributed by atoms with E-state index < -0.39 is 11.0 Å². The molecule has 0 spiro atoms. The van der Waals surface area contributed by atoms with Crippen molar-refractivity contribution in [2.75, 3.05) is 0 Å². The number of non-ortho nitro benzene ring substituents is 1. The predicted octanol–water partition coefficient (Wildman–Crippen LogP) is 0.971. The van der Waals surface area contributed by atoms with E-state index in [9.17, 15) is 19.7 Å². The molecule has 0 aromatic heterocycles. The van der Waals surface area contributed by atoms with E-state index in [4.69, 9.17) is 0 Å². The molecular formula is C10H10N2O4. The summed E-state index contributed by atoms with van der Waals surface area (Å²) in [7, 11) is 0. The molecule has 1 atom stereocenters. The highest BCUT2D eigenvalue weighted by Crippen LogP contribution is 2.16. The fourth-order valence-electron chi connectivity index (χ4n) is 1.22. The molecule has 1 amide bonds. The average Bonchev–Trinajstić information content (AvgIpc) is 2.25. The molecule has 0 heterocycles. The van der Waals surface area contributed by atoms with Crippen LogP contribution in [-0.4, -0.2) is 17.1 Å². The number of hydrogen-bond donors (Lipinski definition) is 1. The van der Waals surface area contributed by atoms with Gasteiger partial charge in [-0.05, 0) is 17.7 Å². The third-order valence-corrected chi connectivity index (χ3v) is 1.96. The van der Waals surface area contributed by atoms with Gasteiger partial charge in [-0.3, -0.25) is 14.9 Å². The topological polar surface area (TPSA) is 89.3 Å². The highest BCUT2D eigenvalue weighted by Gasteiger charge is 2.12. The number of hydrogen-bond acceptors (Lipinski definition) is 4. The molecule has 0 aliphatic rings. The highest BCUT2D eigenvalue weighted by molar-refractivity contribution is 5.78. The number of nitrogens with zero attached hydrogens (tertiary/aromatic N) is 1. The number of nitro benzene ring substituents is 1. The molecule has 0 aliphatic heterocycles. The van der Waals surface area contributed by atoms with Gasteiger partial charge in [-0.1, -0.05) is 0 Å². The smallest absolute Gasteiger partial charge is 0.269 e. The molecule has 6 nitrogen and oxygen atoms in total. The van der Waals surface area contributed by atoms with Gasteiger partial charge in [0.2, 0.25) is 5.91 Å². The van der Waals surface area contributed by atoms with E-state index in [2.05, 4.69) is 5.32 Å². The van der Waals surface area contributed by atoms with Gasteiger partial charge in [-0.25, -0.2) is 0 Å². The molecule has 1 N–H and O–H groups in total. The van der Waals surface area contributed by atoms with E-state index in [0.29, 0.717) is 11.8 Å². The van der Waals surface area contributed by atoms with Crippen molar-refractivity contribution in [3.05, 3.63) is 39.9 Å². The van der Waals surface area contributed by atoms with Crippen molar-refractivity contribution in [2.24, 2.45) is 0 Å². The van der Waals surface area contributed by atoms with Gasteiger partial charge in [0.15, 0.2) is 0 Å². The lowest BCUT2D eigenvalue weighted by molar-refractivity contribution is -0.384. The van der Waals surface area contributed by atoms with Crippen LogP contribution in [0.5, 0.6) is 0 Å². The maximum atomic E-state index is 10.8. The van der Waals surface area contributed by atoms with E-state index in [1.807, 2.05) is 0 Å². The normalized spacial score (nSPS) is 11.6. The van der Waals surface area contributed by atoms with Gasteiger partial charge in [0.1, 0.15) is 12.3 Å². The van der Waals surface area contributed by atoms with Crippen molar-refractivity contribution in [1.82, 2.24) is 5.32 Å². The van der Waals surface area contributed by atoms with E-state index in [0.717, 1.165) is 0 Å². The van der Waals surface area contributed by atoms with Gasteiger partial charge in [0.05, 0.1) is 4.92 Å². The Balaban J connectivity index is 2.90. The van der Waals surface area contributed by atoms with Gasteiger partial charge < -0.3 is 10.1 Å². The first-order valence-electron chi connectivity index (χ1n) is 4.51. The number of nitrogens with one attached hydrogen (secondary N) is 1. The molecule has 0 bridgehead atoms. The zero-order chi connectivity index (χ0) is 12.1. The van der Waals surface area contributed by atoms with Gasteiger partial charge in [-0.15, -0.1) is 0 Å². The summed E-state index contributed by atoms with van der Waals surface area (Å²) in [6.07, 6.45) is 0.572. The third kappa shape index (κ3) is 2.88. The molecular weight excluding hydrogens is 212 g/mol. The fourth-order valence-corrected chi connectivity index (χ4v) is 1.22. The van der Waals surface area contributed by atoms with Gasteiger partial charge in [0.25, 0.3) is 5.69 Å².